The molecule has 0 aromatic carbocycles. The highest BCUT2D eigenvalue weighted by molar-refractivity contribution is 5.16. The van der Waals surface area contributed by atoms with Crippen LogP contribution in [-0.4, -0.2) is 10.7 Å². The van der Waals surface area contributed by atoms with Gasteiger partial charge in [-0.2, -0.15) is 0 Å². The minimum Gasteiger partial charge on any atom is -0.374 e. The normalized spacial score (nSPS) is 16.7. The highest BCUT2D eigenvalue weighted by Crippen LogP contribution is 2.06. The molecular formula is C10H16O. The molecule has 62 valence electrons. The summed E-state index contributed by atoms with van der Waals surface area (Å²) in [6.07, 6.45) is 9.61. The fraction of sp³-hybridized carbons (Fsp3) is 0.600. The van der Waals surface area contributed by atoms with Gasteiger partial charge in [0.1, 0.15) is 5.60 Å². The van der Waals surface area contributed by atoms with Gasteiger partial charge in [0, 0.05) is 0 Å². The summed E-state index contributed by atoms with van der Waals surface area (Å²) < 4.78 is 0. The zero-order valence-electron chi connectivity index (χ0n) is 7.46. The lowest BCUT2D eigenvalue weighted by Gasteiger charge is -2.09. The van der Waals surface area contributed by atoms with Gasteiger partial charge < -0.3 is 5.11 Å². The first kappa shape index (κ1) is 10.3. The van der Waals surface area contributed by atoms with Crippen molar-refractivity contribution >= 4 is 0 Å². The maximum atomic E-state index is 9.31. The summed E-state index contributed by atoms with van der Waals surface area (Å²) in [7, 11) is 0. The Balaban J connectivity index is 3.85. The zero-order chi connectivity index (χ0) is 8.91. The van der Waals surface area contributed by atoms with Crippen LogP contribution in [0.5, 0.6) is 0 Å². The van der Waals surface area contributed by atoms with Gasteiger partial charge in [-0.05, 0) is 25.3 Å². The first-order chi connectivity index (χ1) is 4.98. The molecule has 0 aromatic rings. The molecule has 0 aliphatic carbocycles. The Morgan fingerprint density at radius 3 is 2.55 bits per heavy atom. The summed E-state index contributed by atoms with van der Waals surface area (Å²) in [5.41, 5.74) is -1.07. The number of hydrogen-bond acceptors (Lipinski definition) is 1. The minimum atomic E-state index is -1.07. The van der Waals surface area contributed by atoms with Crippen LogP contribution in [0.15, 0.2) is 12.2 Å². The number of aliphatic hydroxyl groups is 1. The van der Waals surface area contributed by atoms with Crippen molar-refractivity contribution in [3.63, 3.8) is 0 Å². The number of terminal acetylenes is 1. The maximum absolute atomic E-state index is 9.31. The molecule has 0 rings (SSSR count). The van der Waals surface area contributed by atoms with Gasteiger partial charge in [-0.3, -0.25) is 0 Å². The monoisotopic (exact) mass is 152 g/mol. The van der Waals surface area contributed by atoms with E-state index in [1.807, 2.05) is 6.08 Å². The molecule has 1 nitrogen and oxygen atoms in total. The SMILES string of the molecule is C#CC(C)(O)/C=C/CC(C)C. The Morgan fingerprint density at radius 1 is 1.64 bits per heavy atom. The van der Waals surface area contributed by atoms with Crippen molar-refractivity contribution in [2.75, 3.05) is 0 Å². The van der Waals surface area contributed by atoms with Crippen LogP contribution < -0.4 is 0 Å². The van der Waals surface area contributed by atoms with Crippen LogP contribution in [0.4, 0.5) is 0 Å². The fourth-order valence-electron chi connectivity index (χ4n) is 0.618. The molecule has 1 N–H and O–H groups in total. The molecule has 11 heavy (non-hydrogen) atoms. The predicted molar refractivity (Wildman–Crippen MR) is 48.1 cm³/mol. The average Bonchev–Trinajstić information content (AvgIpc) is 1.87. The van der Waals surface area contributed by atoms with Crippen molar-refractivity contribution in [1.82, 2.24) is 0 Å². The molecule has 0 spiro atoms. The molecule has 0 saturated carbocycles. The Morgan fingerprint density at radius 2 is 2.18 bits per heavy atom. The van der Waals surface area contributed by atoms with E-state index in [9.17, 15) is 5.11 Å². The van der Waals surface area contributed by atoms with Crippen molar-refractivity contribution in [3.8, 4) is 12.3 Å². The number of allylic oxidation sites excluding steroid dienone is 1. The van der Waals surface area contributed by atoms with Crippen molar-refractivity contribution in [2.24, 2.45) is 5.92 Å². The highest BCUT2D eigenvalue weighted by atomic mass is 16.3. The lowest BCUT2D eigenvalue weighted by atomic mass is 10.1. The van der Waals surface area contributed by atoms with Gasteiger partial charge in [-0.15, -0.1) is 6.42 Å². The van der Waals surface area contributed by atoms with E-state index in [4.69, 9.17) is 6.42 Å². The molecule has 0 radical (unpaired) electrons. The summed E-state index contributed by atoms with van der Waals surface area (Å²) in [5.74, 6) is 2.89. The first-order valence-corrected chi connectivity index (χ1v) is 3.86. The van der Waals surface area contributed by atoms with Crippen molar-refractivity contribution in [1.29, 1.82) is 0 Å². The molecule has 0 aliphatic rings. The summed E-state index contributed by atoms with van der Waals surface area (Å²) in [5, 5.41) is 9.31. The molecule has 0 fully saturated rings. The van der Waals surface area contributed by atoms with E-state index in [1.54, 1.807) is 13.0 Å². The van der Waals surface area contributed by atoms with Gasteiger partial charge in [0.15, 0.2) is 0 Å². The fourth-order valence-corrected chi connectivity index (χ4v) is 0.618. The van der Waals surface area contributed by atoms with Crippen molar-refractivity contribution < 1.29 is 5.11 Å². The minimum absolute atomic E-state index is 0.611. The third-order valence-electron chi connectivity index (χ3n) is 1.34. The van der Waals surface area contributed by atoms with Gasteiger partial charge in [-0.1, -0.05) is 25.8 Å². The summed E-state index contributed by atoms with van der Waals surface area (Å²) in [4.78, 5) is 0. The van der Waals surface area contributed by atoms with E-state index in [2.05, 4.69) is 19.8 Å². The van der Waals surface area contributed by atoms with E-state index in [-0.39, 0.29) is 0 Å². The number of rotatable bonds is 3. The van der Waals surface area contributed by atoms with Gasteiger partial charge in [0.25, 0.3) is 0 Å². The van der Waals surface area contributed by atoms with Gasteiger partial charge in [0.2, 0.25) is 0 Å². The molecule has 1 atom stereocenters. The van der Waals surface area contributed by atoms with Crippen molar-refractivity contribution in [3.05, 3.63) is 12.2 Å². The molecule has 0 heterocycles. The predicted octanol–water partition coefficient (Wildman–Crippen LogP) is 1.97. The second kappa shape index (κ2) is 4.20. The third kappa shape index (κ3) is 5.69. The lowest BCUT2D eigenvalue weighted by Crippen LogP contribution is -2.16. The van der Waals surface area contributed by atoms with Crippen LogP contribution in [0, 0.1) is 18.3 Å². The molecule has 0 saturated heterocycles. The van der Waals surface area contributed by atoms with E-state index >= 15 is 0 Å². The molecule has 0 amide bonds. The molecule has 0 aromatic heterocycles. The summed E-state index contributed by atoms with van der Waals surface area (Å²) in [6, 6.07) is 0. The Labute approximate surface area is 69.1 Å². The van der Waals surface area contributed by atoms with Crippen LogP contribution in [0.25, 0.3) is 0 Å². The quantitative estimate of drug-likeness (QED) is 0.484. The highest BCUT2D eigenvalue weighted by Gasteiger charge is 2.09. The van der Waals surface area contributed by atoms with Crippen LogP contribution in [-0.2, 0) is 0 Å². The average molecular weight is 152 g/mol. The molecule has 1 unspecified atom stereocenters. The largest absolute Gasteiger partial charge is 0.374 e. The van der Waals surface area contributed by atoms with Crippen LogP contribution in [0.3, 0.4) is 0 Å². The smallest absolute Gasteiger partial charge is 0.141 e. The third-order valence-corrected chi connectivity index (χ3v) is 1.34. The van der Waals surface area contributed by atoms with Crippen molar-refractivity contribution in [2.45, 2.75) is 32.8 Å². The molecule has 0 bridgehead atoms. The topological polar surface area (TPSA) is 20.2 Å². The zero-order valence-corrected chi connectivity index (χ0v) is 7.46. The number of hydrogen-bond donors (Lipinski definition) is 1. The van der Waals surface area contributed by atoms with Gasteiger partial charge in [0.05, 0.1) is 0 Å². The first-order valence-electron chi connectivity index (χ1n) is 3.86. The molecule has 0 aliphatic heterocycles. The Hall–Kier alpha value is -0.740. The van der Waals surface area contributed by atoms with Crippen LogP contribution in [0.1, 0.15) is 27.2 Å². The second-order valence-electron chi connectivity index (χ2n) is 3.32. The maximum Gasteiger partial charge on any atom is 0.141 e. The van der Waals surface area contributed by atoms with E-state index in [0.29, 0.717) is 5.92 Å². The second-order valence-corrected chi connectivity index (χ2v) is 3.32. The molecular weight excluding hydrogens is 136 g/mol. The van der Waals surface area contributed by atoms with Gasteiger partial charge in [-0.25, -0.2) is 0 Å². The van der Waals surface area contributed by atoms with E-state index in [0.717, 1.165) is 6.42 Å². The Bertz CT molecular complexity index is 170. The molecule has 1 heteroatoms. The summed E-state index contributed by atoms with van der Waals surface area (Å²) >= 11 is 0. The van der Waals surface area contributed by atoms with E-state index in [1.165, 1.54) is 0 Å². The standard InChI is InChI=1S/C10H16O/c1-5-10(4,11)8-6-7-9(2)3/h1,6,8-9,11H,7H2,2-4H3/b8-6+. The summed E-state index contributed by atoms with van der Waals surface area (Å²) in [6.45, 7) is 5.84. The van der Waals surface area contributed by atoms with E-state index < -0.39 is 5.60 Å². The lowest BCUT2D eigenvalue weighted by molar-refractivity contribution is 0.174. The van der Waals surface area contributed by atoms with Crippen LogP contribution >= 0.6 is 0 Å². The van der Waals surface area contributed by atoms with Gasteiger partial charge >= 0.3 is 0 Å². The Kier molecular flexibility index (Phi) is 3.92. The van der Waals surface area contributed by atoms with Crippen LogP contribution in [0.2, 0.25) is 0 Å².